The maximum absolute atomic E-state index is 12.7. The van der Waals surface area contributed by atoms with Crippen LogP contribution >= 0.6 is 11.3 Å². The van der Waals surface area contributed by atoms with Gasteiger partial charge in [-0.25, -0.2) is 4.98 Å². The van der Waals surface area contributed by atoms with E-state index in [9.17, 15) is 14.4 Å². The van der Waals surface area contributed by atoms with Crippen molar-refractivity contribution in [2.75, 3.05) is 37.1 Å². The number of hydrogen-bond acceptors (Lipinski definition) is 7. The summed E-state index contributed by atoms with van der Waals surface area (Å²) in [7, 11) is 1.65. The van der Waals surface area contributed by atoms with Crippen molar-refractivity contribution in [1.82, 2.24) is 4.98 Å². The molecule has 0 atom stereocenters. The Hall–Kier alpha value is -3.56. The van der Waals surface area contributed by atoms with Crippen molar-refractivity contribution in [2.45, 2.75) is 13.3 Å². The minimum absolute atomic E-state index is 0.0941. The van der Waals surface area contributed by atoms with Crippen LogP contribution in [0.5, 0.6) is 5.75 Å². The number of carbonyl (C=O) groups excluding carboxylic acids is 3. The molecular formula is C24H23N3O5S. The van der Waals surface area contributed by atoms with Gasteiger partial charge in [0.2, 0.25) is 5.91 Å². The summed E-state index contributed by atoms with van der Waals surface area (Å²) < 4.78 is 10.7. The maximum atomic E-state index is 12.7. The number of rotatable bonds is 8. The van der Waals surface area contributed by atoms with Crippen molar-refractivity contribution < 1.29 is 23.9 Å². The molecule has 33 heavy (non-hydrogen) atoms. The Morgan fingerprint density at radius 2 is 2.09 bits per heavy atom. The van der Waals surface area contributed by atoms with Crippen molar-refractivity contribution >= 4 is 40.3 Å². The molecule has 3 aromatic rings. The zero-order valence-electron chi connectivity index (χ0n) is 18.3. The van der Waals surface area contributed by atoms with Crippen LogP contribution in [0.1, 0.15) is 22.3 Å². The van der Waals surface area contributed by atoms with Gasteiger partial charge in [-0.15, -0.1) is 11.3 Å². The SMILES string of the molecule is COCCc1nc(-c2ccc3c(c2)N(CC(=O)Nc2cccc(C(C)=O)c2)C(=O)CO3)cs1. The predicted octanol–water partition coefficient (Wildman–Crippen LogP) is 3.57. The summed E-state index contributed by atoms with van der Waals surface area (Å²) in [4.78, 5) is 43.0. The van der Waals surface area contributed by atoms with Crippen LogP contribution in [0.3, 0.4) is 0 Å². The fourth-order valence-corrected chi connectivity index (χ4v) is 4.23. The number of methoxy groups -OCH3 is 1. The molecule has 2 aromatic carbocycles. The van der Waals surface area contributed by atoms with Gasteiger partial charge in [0, 0.05) is 35.7 Å². The molecule has 2 heterocycles. The first kappa shape index (κ1) is 22.6. The van der Waals surface area contributed by atoms with E-state index in [1.165, 1.54) is 11.8 Å². The van der Waals surface area contributed by atoms with E-state index < -0.39 is 0 Å². The number of anilines is 2. The lowest BCUT2D eigenvalue weighted by atomic mass is 10.1. The fourth-order valence-electron chi connectivity index (χ4n) is 3.44. The first-order valence-corrected chi connectivity index (χ1v) is 11.2. The van der Waals surface area contributed by atoms with Gasteiger partial charge in [0.15, 0.2) is 12.4 Å². The Bertz CT molecular complexity index is 1210. The summed E-state index contributed by atoms with van der Waals surface area (Å²) in [6.07, 6.45) is 0.727. The van der Waals surface area contributed by atoms with Gasteiger partial charge >= 0.3 is 0 Å². The molecule has 8 nitrogen and oxygen atoms in total. The molecule has 0 fully saturated rings. The highest BCUT2D eigenvalue weighted by Crippen LogP contribution is 2.36. The minimum Gasteiger partial charge on any atom is -0.482 e. The van der Waals surface area contributed by atoms with Gasteiger partial charge in [0.25, 0.3) is 5.91 Å². The predicted molar refractivity (Wildman–Crippen MR) is 126 cm³/mol. The van der Waals surface area contributed by atoms with Gasteiger partial charge in [0.05, 0.1) is 23.0 Å². The largest absolute Gasteiger partial charge is 0.482 e. The molecule has 0 aliphatic carbocycles. The Labute approximate surface area is 195 Å². The number of Topliss-reactive ketones (excluding diaryl/α,β-unsaturated/α-hetero) is 1. The normalized spacial score (nSPS) is 12.8. The van der Waals surface area contributed by atoms with E-state index >= 15 is 0 Å². The lowest BCUT2D eigenvalue weighted by Crippen LogP contribution is -2.43. The van der Waals surface area contributed by atoms with Gasteiger partial charge < -0.3 is 14.8 Å². The van der Waals surface area contributed by atoms with Gasteiger partial charge in [0.1, 0.15) is 12.3 Å². The summed E-state index contributed by atoms with van der Waals surface area (Å²) in [5.41, 5.74) is 3.12. The van der Waals surface area contributed by atoms with Gasteiger partial charge in [-0.2, -0.15) is 0 Å². The topological polar surface area (TPSA) is 97.8 Å². The molecule has 0 radical (unpaired) electrons. The van der Waals surface area contributed by atoms with Crippen molar-refractivity contribution in [3.8, 4) is 17.0 Å². The second-order valence-electron chi connectivity index (χ2n) is 7.51. The number of carbonyl (C=O) groups is 3. The number of hydrogen-bond donors (Lipinski definition) is 1. The molecule has 1 aliphatic rings. The summed E-state index contributed by atoms with van der Waals surface area (Å²) in [5.74, 6) is -0.257. The molecule has 4 rings (SSSR count). The van der Waals surface area contributed by atoms with Crippen LogP contribution in [-0.4, -0.2) is 49.4 Å². The lowest BCUT2D eigenvalue weighted by Gasteiger charge is -2.29. The number of ketones is 1. The Balaban J connectivity index is 1.54. The number of nitrogens with zero attached hydrogens (tertiary/aromatic N) is 2. The van der Waals surface area contributed by atoms with Crippen LogP contribution in [0.4, 0.5) is 11.4 Å². The minimum atomic E-state index is -0.377. The third kappa shape index (κ3) is 5.27. The van der Waals surface area contributed by atoms with Crippen molar-refractivity contribution in [3.05, 3.63) is 58.4 Å². The van der Waals surface area contributed by atoms with E-state index in [0.717, 1.165) is 22.7 Å². The molecule has 1 N–H and O–H groups in total. The molecule has 170 valence electrons. The lowest BCUT2D eigenvalue weighted by molar-refractivity contribution is -0.123. The first-order valence-electron chi connectivity index (χ1n) is 10.4. The molecule has 0 unspecified atom stereocenters. The number of ether oxygens (including phenoxy) is 2. The number of benzene rings is 2. The highest BCUT2D eigenvalue weighted by molar-refractivity contribution is 7.09. The maximum Gasteiger partial charge on any atom is 0.265 e. The number of thiazole rings is 1. The Morgan fingerprint density at radius 1 is 1.24 bits per heavy atom. The zero-order chi connectivity index (χ0) is 23.4. The molecule has 2 amide bonds. The summed E-state index contributed by atoms with van der Waals surface area (Å²) in [6.45, 7) is 1.73. The third-order valence-electron chi connectivity index (χ3n) is 5.12. The van der Waals surface area contributed by atoms with Crippen molar-refractivity contribution in [1.29, 1.82) is 0 Å². The number of fused-ring (bicyclic) bond motifs is 1. The standard InChI is InChI=1S/C24H23N3O5S/c1-15(28)16-4-3-5-18(10-16)25-22(29)12-27-20-11-17(6-7-21(20)32-13-24(27)30)19-14-33-23(26-19)8-9-31-2/h3-7,10-11,14H,8-9,12-13H2,1-2H3,(H,25,29). The first-order chi connectivity index (χ1) is 15.9. The highest BCUT2D eigenvalue weighted by atomic mass is 32.1. The quantitative estimate of drug-likeness (QED) is 0.511. The molecule has 0 saturated heterocycles. The highest BCUT2D eigenvalue weighted by Gasteiger charge is 2.28. The summed E-state index contributed by atoms with van der Waals surface area (Å²) >= 11 is 1.55. The molecule has 1 aliphatic heterocycles. The van der Waals surface area contributed by atoms with E-state index in [0.29, 0.717) is 29.3 Å². The van der Waals surface area contributed by atoms with Crippen LogP contribution in [0.2, 0.25) is 0 Å². The summed E-state index contributed by atoms with van der Waals surface area (Å²) in [6, 6.07) is 12.2. The molecule has 1 aromatic heterocycles. The number of nitrogens with one attached hydrogen (secondary N) is 1. The van der Waals surface area contributed by atoms with Crippen molar-refractivity contribution in [3.63, 3.8) is 0 Å². The van der Waals surface area contributed by atoms with Gasteiger partial charge in [-0.3, -0.25) is 19.3 Å². The molecule has 0 spiro atoms. The van der Waals surface area contributed by atoms with Crippen LogP contribution in [-0.2, 0) is 20.7 Å². The van der Waals surface area contributed by atoms with Crippen molar-refractivity contribution in [2.24, 2.45) is 0 Å². The summed E-state index contributed by atoms with van der Waals surface area (Å²) in [5, 5.41) is 5.67. The molecular weight excluding hydrogens is 442 g/mol. The van der Waals surface area contributed by atoms with E-state index in [4.69, 9.17) is 9.47 Å². The van der Waals surface area contributed by atoms with Crippen LogP contribution in [0.15, 0.2) is 47.8 Å². The second-order valence-corrected chi connectivity index (χ2v) is 8.45. The van der Waals surface area contributed by atoms with Gasteiger partial charge in [-0.05, 0) is 37.3 Å². The fraction of sp³-hybridized carbons (Fsp3) is 0.250. The second kappa shape index (κ2) is 9.93. The molecule has 9 heteroatoms. The zero-order valence-corrected chi connectivity index (χ0v) is 19.1. The average molecular weight is 466 g/mol. The van der Waals surface area contributed by atoms with E-state index in [1.54, 1.807) is 48.8 Å². The van der Waals surface area contributed by atoms with Crippen LogP contribution in [0.25, 0.3) is 11.3 Å². The average Bonchev–Trinajstić information content (AvgIpc) is 3.28. The number of aromatic nitrogens is 1. The van der Waals surface area contributed by atoms with Gasteiger partial charge in [-0.1, -0.05) is 12.1 Å². The monoisotopic (exact) mass is 465 g/mol. The molecule has 0 saturated carbocycles. The number of amides is 2. The molecule has 0 bridgehead atoms. The van der Waals surface area contributed by atoms with Crippen LogP contribution in [0, 0.1) is 0 Å². The Kier molecular flexibility index (Phi) is 6.81. The van der Waals surface area contributed by atoms with E-state index in [2.05, 4.69) is 10.3 Å². The smallest absolute Gasteiger partial charge is 0.265 e. The Morgan fingerprint density at radius 3 is 2.88 bits per heavy atom. The van der Waals surface area contributed by atoms with E-state index in [-0.39, 0.29) is 30.7 Å². The third-order valence-corrected chi connectivity index (χ3v) is 6.03. The van der Waals surface area contributed by atoms with Crippen LogP contribution < -0.4 is 15.0 Å². The van der Waals surface area contributed by atoms with E-state index in [1.807, 2.05) is 17.5 Å².